The number of fused-ring (bicyclic) bond motifs is 1. The molecule has 1 aliphatic rings. The molecular weight excluding hydrogens is 367 g/mol. The summed E-state index contributed by atoms with van der Waals surface area (Å²) in [7, 11) is 1.40. The summed E-state index contributed by atoms with van der Waals surface area (Å²) in [6.45, 7) is 0. The number of hydrazine groups is 1. The van der Waals surface area contributed by atoms with E-state index in [9.17, 15) is 14.0 Å². The molecule has 2 aromatic rings. The highest BCUT2D eigenvalue weighted by Gasteiger charge is 2.17. The quantitative estimate of drug-likeness (QED) is 0.606. The van der Waals surface area contributed by atoms with Crippen LogP contribution in [-0.2, 0) is 24.1 Å². The van der Waals surface area contributed by atoms with Crippen molar-refractivity contribution in [2.75, 3.05) is 7.11 Å². The predicted molar refractivity (Wildman–Crippen MR) is 102 cm³/mol. The molecule has 0 fully saturated rings. The molecule has 0 aliphatic heterocycles. The molecule has 27 heavy (non-hydrogen) atoms. The zero-order valence-electron chi connectivity index (χ0n) is 15.3. The maximum absolute atomic E-state index is 13.7. The van der Waals surface area contributed by atoms with Gasteiger partial charge in [-0.05, 0) is 61.4 Å². The van der Waals surface area contributed by atoms with Gasteiger partial charge in [0, 0.05) is 11.3 Å². The first kappa shape index (κ1) is 19.4. The maximum Gasteiger partial charge on any atom is 0.279 e. The Morgan fingerprint density at radius 1 is 1.15 bits per heavy atom. The van der Waals surface area contributed by atoms with Crippen LogP contribution in [0.15, 0.2) is 24.3 Å². The molecule has 2 amide bonds. The minimum atomic E-state index is -0.457. The average molecular weight is 390 g/mol. The van der Waals surface area contributed by atoms with Gasteiger partial charge in [0.25, 0.3) is 5.91 Å². The lowest BCUT2D eigenvalue weighted by Crippen LogP contribution is -2.41. The Kier molecular flexibility index (Phi) is 6.45. The highest BCUT2D eigenvalue weighted by molar-refractivity contribution is 7.14. The van der Waals surface area contributed by atoms with Gasteiger partial charge in [-0.3, -0.25) is 20.4 Å². The highest BCUT2D eigenvalue weighted by Crippen LogP contribution is 2.28. The van der Waals surface area contributed by atoms with Crippen molar-refractivity contribution in [3.8, 4) is 5.75 Å². The molecule has 0 unspecified atom stereocenters. The molecule has 0 saturated carbocycles. The van der Waals surface area contributed by atoms with Crippen molar-refractivity contribution < 1.29 is 18.7 Å². The second-order valence-corrected chi connectivity index (χ2v) is 7.73. The summed E-state index contributed by atoms with van der Waals surface area (Å²) < 4.78 is 18.5. The van der Waals surface area contributed by atoms with Crippen LogP contribution >= 0.6 is 11.3 Å². The van der Waals surface area contributed by atoms with Crippen LogP contribution in [0.4, 0.5) is 4.39 Å². The van der Waals surface area contributed by atoms with E-state index < -0.39 is 5.82 Å². The average Bonchev–Trinajstić information content (AvgIpc) is 2.95. The van der Waals surface area contributed by atoms with E-state index in [-0.39, 0.29) is 24.0 Å². The van der Waals surface area contributed by atoms with E-state index in [1.54, 1.807) is 6.07 Å². The first-order valence-corrected chi connectivity index (χ1v) is 9.91. The summed E-state index contributed by atoms with van der Waals surface area (Å²) in [5.74, 6) is -0.902. The molecule has 1 heterocycles. The Balaban J connectivity index is 1.47. The van der Waals surface area contributed by atoms with Gasteiger partial charge in [0.2, 0.25) is 5.91 Å². The van der Waals surface area contributed by atoms with Gasteiger partial charge < -0.3 is 4.74 Å². The van der Waals surface area contributed by atoms with Crippen LogP contribution < -0.4 is 15.6 Å². The largest absolute Gasteiger partial charge is 0.494 e. The second-order valence-electron chi connectivity index (χ2n) is 6.59. The van der Waals surface area contributed by atoms with Crippen LogP contribution in [0.2, 0.25) is 0 Å². The number of methoxy groups -OCH3 is 1. The Hall–Kier alpha value is -2.41. The minimum Gasteiger partial charge on any atom is -0.494 e. The van der Waals surface area contributed by atoms with Gasteiger partial charge in [0.15, 0.2) is 11.6 Å². The van der Waals surface area contributed by atoms with Crippen molar-refractivity contribution in [3.05, 3.63) is 51.0 Å². The number of nitrogens with one attached hydrogen (secondary N) is 2. The Morgan fingerprint density at radius 3 is 2.74 bits per heavy atom. The van der Waals surface area contributed by atoms with Gasteiger partial charge in [0.1, 0.15) is 0 Å². The lowest BCUT2D eigenvalue weighted by atomic mass is 10.1. The molecular formula is C20H23FN2O3S. The van der Waals surface area contributed by atoms with E-state index in [1.165, 1.54) is 47.4 Å². The molecule has 144 valence electrons. The number of thiophene rings is 1. The van der Waals surface area contributed by atoms with Gasteiger partial charge >= 0.3 is 0 Å². The lowest BCUT2D eigenvalue weighted by Gasteiger charge is -2.07. The molecule has 0 saturated heterocycles. The Bertz CT molecular complexity index is 811. The van der Waals surface area contributed by atoms with Crippen LogP contribution in [0.25, 0.3) is 0 Å². The van der Waals surface area contributed by atoms with E-state index in [0.29, 0.717) is 16.9 Å². The molecule has 0 bridgehead atoms. The van der Waals surface area contributed by atoms with Crippen LogP contribution in [0.1, 0.15) is 51.4 Å². The molecule has 5 nitrogen and oxygen atoms in total. The van der Waals surface area contributed by atoms with Gasteiger partial charge in [-0.1, -0.05) is 12.5 Å². The summed E-state index contributed by atoms with van der Waals surface area (Å²) >= 11 is 1.51. The summed E-state index contributed by atoms with van der Waals surface area (Å²) in [6, 6.07) is 6.54. The molecule has 1 aromatic heterocycles. The number of hydrogen-bond acceptors (Lipinski definition) is 4. The fourth-order valence-electron chi connectivity index (χ4n) is 3.15. The number of carbonyl (C=O) groups is 2. The zero-order chi connectivity index (χ0) is 19.2. The zero-order valence-corrected chi connectivity index (χ0v) is 16.1. The van der Waals surface area contributed by atoms with E-state index in [4.69, 9.17) is 4.74 Å². The molecule has 2 N–H and O–H groups in total. The molecule has 0 radical (unpaired) electrons. The van der Waals surface area contributed by atoms with Crippen molar-refractivity contribution in [1.29, 1.82) is 0 Å². The number of aryl methyl sites for hydroxylation is 3. The number of carbonyl (C=O) groups excluding carboxylic acids is 2. The van der Waals surface area contributed by atoms with Crippen molar-refractivity contribution in [2.24, 2.45) is 0 Å². The fraction of sp³-hybridized carbons (Fsp3) is 0.400. The number of amides is 2. The van der Waals surface area contributed by atoms with Gasteiger partial charge in [0.05, 0.1) is 12.0 Å². The third kappa shape index (κ3) is 5.07. The Morgan fingerprint density at radius 2 is 1.96 bits per heavy atom. The van der Waals surface area contributed by atoms with Crippen molar-refractivity contribution >= 4 is 23.2 Å². The molecule has 0 spiro atoms. The van der Waals surface area contributed by atoms with Gasteiger partial charge in [-0.25, -0.2) is 4.39 Å². The topological polar surface area (TPSA) is 67.4 Å². The number of ether oxygens (including phenoxy) is 1. The summed E-state index contributed by atoms with van der Waals surface area (Å²) in [4.78, 5) is 26.1. The van der Waals surface area contributed by atoms with E-state index >= 15 is 0 Å². The normalized spacial score (nSPS) is 13.4. The van der Waals surface area contributed by atoms with Crippen molar-refractivity contribution in [2.45, 2.75) is 44.9 Å². The highest BCUT2D eigenvalue weighted by atomic mass is 32.1. The van der Waals surface area contributed by atoms with E-state index in [0.717, 1.165) is 25.7 Å². The molecule has 7 heteroatoms. The van der Waals surface area contributed by atoms with Crippen molar-refractivity contribution in [3.63, 3.8) is 0 Å². The van der Waals surface area contributed by atoms with Crippen molar-refractivity contribution in [1.82, 2.24) is 10.9 Å². The second kappa shape index (κ2) is 8.99. The van der Waals surface area contributed by atoms with Gasteiger partial charge in [-0.2, -0.15) is 0 Å². The van der Waals surface area contributed by atoms with E-state index in [2.05, 4.69) is 10.9 Å². The summed E-state index contributed by atoms with van der Waals surface area (Å²) in [5.41, 5.74) is 6.85. The number of rotatable bonds is 5. The molecule has 3 rings (SSSR count). The minimum absolute atomic E-state index is 0.146. The number of hydrogen-bond donors (Lipinski definition) is 2. The van der Waals surface area contributed by atoms with Crippen LogP contribution in [0, 0.1) is 5.82 Å². The summed E-state index contributed by atoms with van der Waals surface area (Å²) in [6.07, 6.45) is 6.12. The van der Waals surface area contributed by atoms with Crippen LogP contribution in [-0.4, -0.2) is 18.9 Å². The van der Waals surface area contributed by atoms with Gasteiger partial charge in [-0.15, -0.1) is 11.3 Å². The predicted octanol–water partition coefficient (Wildman–Crippen LogP) is 3.56. The molecule has 1 aliphatic carbocycles. The monoisotopic (exact) mass is 390 g/mol. The summed E-state index contributed by atoms with van der Waals surface area (Å²) in [5, 5.41) is 0. The Labute approximate surface area is 161 Å². The van der Waals surface area contributed by atoms with Crippen LogP contribution in [0.5, 0.6) is 5.75 Å². The number of halogens is 1. The smallest absolute Gasteiger partial charge is 0.279 e. The maximum atomic E-state index is 13.7. The van der Waals surface area contributed by atoms with Crippen LogP contribution in [0.3, 0.4) is 0 Å². The SMILES string of the molecule is COc1ccc(CCC(=O)NNC(=O)c2cc3c(s2)CCCCC3)cc1F. The molecule has 1 aromatic carbocycles. The lowest BCUT2D eigenvalue weighted by molar-refractivity contribution is -0.121. The fourth-order valence-corrected chi connectivity index (χ4v) is 4.30. The standard InChI is InChI=1S/C20H23FN2O3S/c1-26-16-9-7-13(11-15(16)21)8-10-19(24)22-23-20(25)18-12-14-5-3-2-4-6-17(14)27-18/h7,9,11-12H,2-6,8,10H2,1H3,(H,22,24)(H,23,25). The number of benzene rings is 1. The first-order valence-electron chi connectivity index (χ1n) is 9.10. The third-order valence-corrected chi connectivity index (χ3v) is 5.88. The van der Waals surface area contributed by atoms with E-state index in [1.807, 2.05) is 6.07 Å². The third-order valence-electron chi connectivity index (χ3n) is 4.64. The first-order chi connectivity index (χ1) is 13.1. The molecule has 0 atom stereocenters.